The highest BCUT2D eigenvalue weighted by Gasteiger charge is 2.26. The second-order valence-electron chi connectivity index (χ2n) is 7.97. The molecule has 0 fully saturated rings. The van der Waals surface area contributed by atoms with E-state index in [4.69, 9.17) is 14.2 Å². The molecular formula is C26H26FNO5. The first kappa shape index (κ1) is 22.5. The molecule has 2 N–H and O–H groups in total. The molecular weight excluding hydrogens is 425 g/mol. The fourth-order valence-electron chi connectivity index (χ4n) is 4.16. The van der Waals surface area contributed by atoms with Crippen molar-refractivity contribution in [1.29, 1.82) is 0 Å². The van der Waals surface area contributed by atoms with Crippen LogP contribution in [0.1, 0.15) is 36.5 Å². The molecule has 1 heterocycles. The number of phenols is 1. The Morgan fingerprint density at radius 2 is 1.94 bits per heavy atom. The minimum absolute atomic E-state index is 0.0488. The van der Waals surface area contributed by atoms with Crippen molar-refractivity contribution in [3.8, 4) is 17.2 Å². The number of nitrogens with one attached hydrogen (secondary N) is 1. The Labute approximate surface area is 192 Å². The maximum Gasteiger partial charge on any atom is 0.224 e. The molecule has 2 aromatic rings. The Morgan fingerprint density at radius 3 is 2.58 bits per heavy atom. The van der Waals surface area contributed by atoms with Crippen LogP contribution in [0.15, 0.2) is 48.2 Å². The Hall–Kier alpha value is -3.74. The van der Waals surface area contributed by atoms with Gasteiger partial charge in [0.05, 0.1) is 33.4 Å². The van der Waals surface area contributed by atoms with Crippen LogP contribution in [0.25, 0.3) is 17.2 Å². The summed E-state index contributed by atoms with van der Waals surface area (Å²) in [6.45, 7) is 2.34. The molecule has 1 amide bonds. The molecule has 0 saturated carbocycles. The quantitative estimate of drug-likeness (QED) is 0.639. The van der Waals surface area contributed by atoms with Crippen molar-refractivity contribution in [2.75, 3.05) is 20.8 Å². The number of hydrogen-bond acceptors (Lipinski definition) is 5. The van der Waals surface area contributed by atoms with Gasteiger partial charge >= 0.3 is 0 Å². The molecule has 2 aliphatic rings. The number of rotatable bonds is 7. The van der Waals surface area contributed by atoms with Gasteiger partial charge in [-0.2, -0.15) is 0 Å². The van der Waals surface area contributed by atoms with Gasteiger partial charge in [0.1, 0.15) is 11.9 Å². The second kappa shape index (κ2) is 9.40. The number of allylic oxidation sites excluding steroid dienone is 2. The van der Waals surface area contributed by atoms with Crippen molar-refractivity contribution < 1.29 is 28.5 Å². The van der Waals surface area contributed by atoms with E-state index in [0.717, 1.165) is 34.3 Å². The largest absolute Gasteiger partial charge is 0.502 e. The van der Waals surface area contributed by atoms with Crippen LogP contribution in [0.3, 0.4) is 0 Å². The lowest BCUT2D eigenvalue weighted by Crippen LogP contribution is -2.31. The Kier molecular flexibility index (Phi) is 6.40. The van der Waals surface area contributed by atoms with E-state index in [1.54, 1.807) is 24.5 Å². The molecule has 33 heavy (non-hydrogen) atoms. The van der Waals surface area contributed by atoms with Crippen LogP contribution in [0.4, 0.5) is 4.39 Å². The number of halogens is 1. The molecule has 4 rings (SSSR count). The maximum atomic E-state index is 14.1. The number of carbonyl (C=O) groups is 1. The van der Waals surface area contributed by atoms with Crippen LogP contribution in [-0.2, 0) is 9.53 Å². The van der Waals surface area contributed by atoms with Gasteiger partial charge < -0.3 is 24.6 Å². The Balaban J connectivity index is 1.67. The third-order valence-electron chi connectivity index (χ3n) is 5.90. The van der Waals surface area contributed by atoms with Gasteiger partial charge in [0, 0.05) is 6.42 Å². The van der Waals surface area contributed by atoms with Crippen LogP contribution in [-0.4, -0.2) is 37.9 Å². The van der Waals surface area contributed by atoms with Gasteiger partial charge in [-0.25, -0.2) is 4.39 Å². The zero-order chi connectivity index (χ0) is 23.5. The molecule has 1 unspecified atom stereocenters. The first-order chi connectivity index (χ1) is 15.9. The molecule has 2 aromatic carbocycles. The summed E-state index contributed by atoms with van der Waals surface area (Å²) in [6.07, 6.45) is 6.32. The fourth-order valence-corrected chi connectivity index (χ4v) is 4.16. The molecule has 172 valence electrons. The van der Waals surface area contributed by atoms with Crippen molar-refractivity contribution in [3.63, 3.8) is 0 Å². The van der Waals surface area contributed by atoms with Crippen LogP contribution in [0, 0.1) is 5.82 Å². The van der Waals surface area contributed by atoms with Gasteiger partial charge in [-0.05, 0) is 76.8 Å². The molecule has 1 aliphatic heterocycles. The summed E-state index contributed by atoms with van der Waals surface area (Å²) in [7, 11) is 2.93. The number of hydrogen-bond donors (Lipinski definition) is 2. The van der Waals surface area contributed by atoms with E-state index in [-0.39, 0.29) is 41.5 Å². The summed E-state index contributed by atoms with van der Waals surface area (Å²) >= 11 is 0. The van der Waals surface area contributed by atoms with Crippen molar-refractivity contribution in [3.05, 3.63) is 70.8 Å². The van der Waals surface area contributed by atoms with Gasteiger partial charge in [-0.1, -0.05) is 6.07 Å². The van der Waals surface area contributed by atoms with E-state index in [9.17, 15) is 14.3 Å². The standard InChI is InChI=1S/C26H26FNO5/c1-15-20(9-16-10-23(31-2)26(30)24(11-16)32-3)19-7-6-17(27)12-22(19)21(15)13-25(29)28-14-18-5-4-8-33-18/h4,6-12,18,30H,5,13-14H2,1-3H3,(H,28,29)/b20-9-. The molecule has 1 atom stereocenters. The molecule has 7 heteroatoms. The highest BCUT2D eigenvalue weighted by atomic mass is 19.1. The molecule has 0 aromatic heterocycles. The van der Waals surface area contributed by atoms with Gasteiger partial charge in [-0.3, -0.25) is 4.79 Å². The van der Waals surface area contributed by atoms with Gasteiger partial charge in [0.2, 0.25) is 11.7 Å². The third-order valence-corrected chi connectivity index (χ3v) is 5.90. The average Bonchev–Trinajstić information content (AvgIpc) is 3.41. The monoisotopic (exact) mass is 451 g/mol. The van der Waals surface area contributed by atoms with Crippen LogP contribution in [0.2, 0.25) is 0 Å². The summed E-state index contributed by atoms with van der Waals surface area (Å²) in [5.74, 6) is -0.0303. The van der Waals surface area contributed by atoms with Gasteiger partial charge in [0.25, 0.3) is 0 Å². The fraction of sp³-hybridized carbons (Fsp3) is 0.269. The van der Waals surface area contributed by atoms with Crippen molar-refractivity contribution in [2.45, 2.75) is 25.9 Å². The number of phenolic OH excluding ortho intramolecular Hbond substituents is 1. The predicted molar refractivity (Wildman–Crippen MR) is 124 cm³/mol. The Bertz CT molecular complexity index is 1150. The number of fused-ring (bicyclic) bond motifs is 1. The number of benzene rings is 2. The first-order valence-electron chi connectivity index (χ1n) is 10.7. The van der Waals surface area contributed by atoms with E-state index < -0.39 is 0 Å². The molecule has 0 bridgehead atoms. The van der Waals surface area contributed by atoms with E-state index in [0.29, 0.717) is 12.1 Å². The highest BCUT2D eigenvalue weighted by Crippen LogP contribution is 2.45. The zero-order valence-electron chi connectivity index (χ0n) is 18.8. The average molecular weight is 451 g/mol. The summed E-state index contributed by atoms with van der Waals surface area (Å²) in [4.78, 5) is 12.7. The lowest BCUT2D eigenvalue weighted by molar-refractivity contribution is -0.120. The van der Waals surface area contributed by atoms with E-state index in [1.807, 2.05) is 19.1 Å². The van der Waals surface area contributed by atoms with Gasteiger partial charge in [0.15, 0.2) is 11.5 Å². The van der Waals surface area contributed by atoms with E-state index in [2.05, 4.69) is 5.32 Å². The summed E-state index contributed by atoms with van der Waals surface area (Å²) in [5.41, 5.74) is 4.80. The Morgan fingerprint density at radius 1 is 1.21 bits per heavy atom. The second-order valence-corrected chi connectivity index (χ2v) is 7.97. The normalized spacial score (nSPS) is 17.8. The topological polar surface area (TPSA) is 77.0 Å². The lowest BCUT2D eigenvalue weighted by Gasteiger charge is -2.12. The smallest absolute Gasteiger partial charge is 0.224 e. The van der Waals surface area contributed by atoms with Crippen molar-refractivity contribution in [2.24, 2.45) is 0 Å². The summed E-state index contributed by atoms with van der Waals surface area (Å²) in [5, 5.41) is 13.1. The molecule has 1 aliphatic carbocycles. The van der Waals surface area contributed by atoms with Crippen LogP contribution < -0.4 is 14.8 Å². The van der Waals surface area contributed by atoms with Gasteiger partial charge in [-0.15, -0.1) is 0 Å². The van der Waals surface area contributed by atoms with Crippen LogP contribution >= 0.6 is 0 Å². The minimum Gasteiger partial charge on any atom is -0.502 e. The molecule has 0 radical (unpaired) electrons. The number of methoxy groups -OCH3 is 2. The maximum absolute atomic E-state index is 14.1. The first-order valence-corrected chi connectivity index (χ1v) is 10.7. The van der Waals surface area contributed by atoms with E-state index in [1.165, 1.54) is 26.4 Å². The summed E-state index contributed by atoms with van der Waals surface area (Å²) in [6, 6.07) is 7.98. The predicted octanol–water partition coefficient (Wildman–Crippen LogP) is 4.69. The number of ether oxygens (including phenoxy) is 3. The highest BCUT2D eigenvalue weighted by molar-refractivity contribution is 6.08. The molecule has 0 spiro atoms. The number of aromatic hydroxyl groups is 1. The van der Waals surface area contributed by atoms with E-state index >= 15 is 0 Å². The summed E-state index contributed by atoms with van der Waals surface area (Å²) < 4.78 is 30.0. The van der Waals surface area contributed by atoms with Crippen molar-refractivity contribution >= 4 is 23.1 Å². The van der Waals surface area contributed by atoms with Crippen molar-refractivity contribution in [1.82, 2.24) is 5.32 Å². The third kappa shape index (κ3) is 4.58. The minimum atomic E-state index is -0.362. The molecule has 6 nitrogen and oxygen atoms in total. The van der Waals surface area contributed by atoms with Crippen LogP contribution in [0.5, 0.6) is 17.2 Å². The zero-order valence-corrected chi connectivity index (χ0v) is 18.8. The number of amides is 1. The molecule has 0 saturated heterocycles. The lowest BCUT2D eigenvalue weighted by atomic mass is 10.00. The SMILES string of the molecule is COc1cc(/C=C2/C(C)=C(CC(=O)NCC3CC=CO3)c3cc(F)ccc32)cc(OC)c1O. The number of carbonyl (C=O) groups excluding carboxylic acids is 1.